The molecule has 0 radical (unpaired) electrons. The Balaban J connectivity index is 2.18. The minimum absolute atomic E-state index is 0.318. The van der Waals surface area contributed by atoms with Gasteiger partial charge in [-0.3, -0.25) is 4.98 Å². The molecule has 20 heavy (non-hydrogen) atoms. The van der Waals surface area contributed by atoms with E-state index in [-0.39, 0.29) is 18.3 Å². The minimum atomic E-state index is -0.345. The first kappa shape index (κ1) is 15.1. The van der Waals surface area contributed by atoms with Crippen molar-refractivity contribution in [1.29, 1.82) is 0 Å². The quantitative estimate of drug-likeness (QED) is 0.842. The maximum absolute atomic E-state index is 5.99. The fourth-order valence-electron chi connectivity index (χ4n) is 2.08. The Kier molecular flexibility index (Phi) is 3.69. The molecule has 108 valence electrons. The van der Waals surface area contributed by atoms with E-state index in [1.165, 1.54) is 0 Å². The molecule has 0 aliphatic carbocycles. The standard InChI is InChI=1S/C15H23BN2O2/c1-10-12(9-18-11(2)13(10)17)7-8-16-19-14(3,4)15(5,6)20-16/h7-9H,17H2,1-6H3/b8-7+. The van der Waals surface area contributed by atoms with Crippen molar-refractivity contribution in [2.75, 3.05) is 5.73 Å². The molecule has 2 rings (SSSR count). The number of rotatable bonds is 2. The summed E-state index contributed by atoms with van der Waals surface area (Å²) in [5.41, 5.74) is 8.97. The lowest BCUT2D eigenvalue weighted by Crippen LogP contribution is -2.41. The molecule has 0 bridgehead atoms. The molecule has 0 unspecified atom stereocenters. The molecule has 1 fully saturated rings. The Morgan fingerprint density at radius 1 is 1.15 bits per heavy atom. The zero-order chi connectivity index (χ0) is 15.1. The Bertz CT molecular complexity index is 537. The second-order valence-corrected chi connectivity index (χ2v) is 6.32. The maximum Gasteiger partial charge on any atom is 0.487 e. The van der Waals surface area contributed by atoms with Crippen molar-refractivity contribution in [2.24, 2.45) is 0 Å². The number of aryl methyl sites for hydroxylation is 1. The van der Waals surface area contributed by atoms with Crippen LogP contribution in [0.15, 0.2) is 12.2 Å². The molecule has 1 aliphatic rings. The van der Waals surface area contributed by atoms with Crippen molar-refractivity contribution < 1.29 is 9.31 Å². The number of nitrogens with two attached hydrogens (primary N) is 1. The molecule has 4 nitrogen and oxygen atoms in total. The summed E-state index contributed by atoms with van der Waals surface area (Å²) in [5.74, 6) is 1.91. The average molecular weight is 274 g/mol. The van der Waals surface area contributed by atoms with Crippen LogP contribution < -0.4 is 5.73 Å². The van der Waals surface area contributed by atoms with E-state index in [1.807, 2.05) is 59.8 Å². The van der Waals surface area contributed by atoms with Crippen molar-refractivity contribution in [3.05, 3.63) is 29.0 Å². The summed E-state index contributed by atoms with van der Waals surface area (Å²) >= 11 is 0. The van der Waals surface area contributed by atoms with E-state index in [0.717, 1.165) is 22.5 Å². The summed E-state index contributed by atoms with van der Waals surface area (Å²) in [6.07, 6.45) is 3.78. The highest BCUT2D eigenvalue weighted by molar-refractivity contribution is 6.52. The van der Waals surface area contributed by atoms with Crippen molar-refractivity contribution >= 4 is 18.9 Å². The molecule has 0 saturated carbocycles. The van der Waals surface area contributed by atoms with Crippen molar-refractivity contribution in [3.8, 4) is 0 Å². The molecule has 2 N–H and O–H groups in total. The first-order chi connectivity index (χ1) is 9.14. The number of pyridine rings is 1. The summed E-state index contributed by atoms with van der Waals surface area (Å²) in [5, 5.41) is 0. The van der Waals surface area contributed by atoms with E-state index in [1.54, 1.807) is 0 Å². The van der Waals surface area contributed by atoms with Crippen LogP contribution in [0.5, 0.6) is 0 Å². The average Bonchev–Trinajstić information content (AvgIpc) is 2.54. The van der Waals surface area contributed by atoms with Gasteiger partial charge in [-0.2, -0.15) is 0 Å². The van der Waals surface area contributed by atoms with Crippen LogP contribution in [0.1, 0.15) is 44.5 Å². The normalized spacial score (nSPS) is 20.8. The predicted molar refractivity (Wildman–Crippen MR) is 83.2 cm³/mol. The van der Waals surface area contributed by atoms with Gasteiger partial charge < -0.3 is 15.0 Å². The summed E-state index contributed by atoms with van der Waals surface area (Å²) in [6, 6.07) is 0. The number of nitrogens with zero attached hydrogens (tertiary/aromatic N) is 1. The largest absolute Gasteiger partial charge is 0.487 e. The van der Waals surface area contributed by atoms with Gasteiger partial charge in [0.2, 0.25) is 0 Å². The maximum atomic E-state index is 5.99. The fraction of sp³-hybridized carbons (Fsp3) is 0.533. The molecule has 0 spiro atoms. The van der Waals surface area contributed by atoms with E-state index < -0.39 is 0 Å². The first-order valence-electron chi connectivity index (χ1n) is 6.89. The van der Waals surface area contributed by atoms with Crippen LogP contribution in [0.4, 0.5) is 5.69 Å². The van der Waals surface area contributed by atoms with Gasteiger partial charge in [0, 0.05) is 6.20 Å². The molecule has 0 atom stereocenters. The van der Waals surface area contributed by atoms with Crippen LogP contribution in [0, 0.1) is 13.8 Å². The zero-order valence-corrected chi connectivity index (χ0v) is 13.2. The number of hydrogen-bond donors (Lipinski definition) is 1. The third-order valence-corrected chi connectivity index (χ3v) is 4.33. The Morgan fingerprint density at radius 3 is 2.25 bits per heavy atom. The van der Waals surface area contributed by atoms with Gasteiger partial charge in [-0.1, -0.05) is 12.1 Å². The molecule has 0 amide bonds. The monoisotopic (exact) mass is 274 g/mol. The van der Waals surface area contributed by atoms with Crippen LogP contribution in [-0.4, -0.2) is 23.3 Å². The highest BCUT2D eigenvalue weighted by Crippen LogP contribution is 2.37. The third kappa shape index (κ3) is 2.60. The predicted octanol–water partition coefficient (Wildman–Crippen LogP) is 2.93. The molecule has 1 aromatic rings. The van der Waals surface area contributed by atoms with Crippen LogP contribution in [0.25, 0.3) is 6.08 Å². The molecule has 1 aliphatic heterocycles. The molecule has 2 heterocycles. The molecule has 1 aromatic heterocycles. The zero-order valence-electron chi connectivity index (χ0n) is 13.2. The van der Waals surface area contributed by atoms with Gasteiger partial charge in [0.15, 0.2) is 0 Å². The number of nitrogen functional groups attached to an aromatic ring is 1. The summed E-state index contributed by atoms with van der Waals surface area (Å²) in [4.78, 5) is 4.28. The second kappa shape index (κ2) is 4.90. The van der Waals surface area contributed by atoms with Gasteiger partial charge >= 0.3 is 7.12 Å². The minimum Gasteiger partial charge on any atom is -0.400 e. The van der Waals surface area contributed by atoms with Crippen molar-refractivity contribution in [1.82, 2.24) is 4.98 Å². The van der Waals surface area contributed by atoms with E-state index in [0.29, 0.717) is 0 Å². The second-order valence-electron chi connectivity index (χ2n) is 6.32. The Labute approximate surface area is 121 Å². The first-order valence-corrected chi connectivity index (χ1v) is 6.89. The summed E-state index contributed by atoms with van der Waals surface area (Å²) in [6.45, 7) is 12.1. The highest BCUT2D eigenvalue weighted by Gasteiger charge is 2.49. The van der Waals surface area contributed by atoms with Gasteiger partial charge in [0.05, 0.1) is 22.6 Å². The molecule has 0 aromatic carbocycles. The van der Waals surface area contributed by atoms with Crippen LogP contribution in [0.2, 0.25) is 0 Å². The Hall–Kier alpha value is -1.33. The molecular weight excluding hydrogens is 251 g/mol. The van der Waals surface area contributed by atoms with E-state index >= 15 is 0 Å². The van der Waals surface area contributed by atoms with Gasteiger partial charge in [-0.15, -0.1) is 0 Å². The van der Waals surface area contributed by atoms with E-state index in [2.05, 4.69) is 4.98 Å². The number of hydrogen-bond acceptors (Lipinski definition) is 4. The topological polar surface area (TPSA) is 57.4 Å². The summed E-state index contributed by atoms with van der Waals surface area (Å²) < 4.78 is 11.8. The van der Waals surface area contributed by atoms with Crippen LogP contribution in [0.3, 0.4) is 0 Å². The van der Waals surface area contributed by atoms with Crippen LogP contribution >= 0.6 is 0 Å². The van der Waals surface area contributed by atoms with E-state index in [4.69, 9.17) is 15.0 Å². The third-order valence-electron chi connectivity index (χ3n) is 4.33. The van der Waals surface area contributed by atoms with Crippen LogP contribution in [-0.2, 0) is 9.31 Å². The van der Waals surface area contributed by atoms with Gasteiger partial charge in [0.1, 0.15) is 0 Å². The lowest BCUT2D eigenvalue weighted by molar-refractivity contribution is 0.00578. The van der Waals surface area contributed by atoms with Crippen molar-refractivity contribution in [3.63, 3.8) is 0 Å². The number of aromatic nitrogens is 1. The Morgan fingerprint density at radius 2 is 1.70 bits per heavy atom. The highest BCUT2D eigenvalue weighted by atomic mass is 16.7. The van der Waals surface area contributed by atoms with Gasteiger partial charge in [0.25, 0.3) is 0 Å². The molecular formula is C15H23BN2O2. The fourth-order valence-corrected chi connectivity index (χ4v) is 2.08. The number of anilines is 1. The lowest BCUT2D eigenvalue weighted by atomic mass is 9.88. The SMILES string of the molecule is Cc1ncc(/C=C/B2OC(C)(C)C(C)(C)O2)c(C)c1N. The van der Waals surface area contributed by atoms with Gasteiger partial charge in [-0.25, -0.2) is 0 Å². The van der Waals surface area contributed by atoms with Crippen molar-refractivity contribution in [2.45, 2.75) is 52.7 Å². The molecule has 5 heteroatoms. The van der Waals surface area contributed by atoms with E-state index in [9.17, 15) is 0 Å². The molecule has 1 saturated heterocycles. The smallest absolute Gasteiger partial charge is 0.400 e. The summed E-state index contributed by atoms with van der Waals surface area (Å²) in [7, 11) is -0.345. The van der Waals surface area contributed by atoms with Gasteiger partial charge in [-0.05, 0) is 52.7 Å². The lowest BCUT2D eigenvalue weighted by Gasteiger charge is -2.32.